The summed E-state index contributed by atoms with van der Waals surface area (Å²) in [5, 5.41) is 12.7. The molecule has 5 heteroatoms. The van der Waals surface area contributed by atoms with E-state index < -0.39 is 5.24 Å². The van der Waals surface area contributed by atoms with Crippen LogP contribution in [0, 0.1) is 6.92 Å². The number of para-hydroxylation sites is 1. The smallest absolute Gasteiger partial charge is 0.258 e. The minimum Gasteiger partial charge on any atom is -0.507 e. The maximum Gasteiger partial charge on any atom is 0.258 e. The van der Waals surface area contributed by atoms with Gasteiger partial charge in [-0.1, -0.05) is 17.3 Å². The second-order valence-corrected chi connectivity index (χ2v) is 3.60. The first-order chi connectivity index (χ1) is 7.61. The molecule has 82 valence electrons. The number of carbonyl (C=O) groups excluding carboxylic acids is 1. The number of hydrogen-bond acceptors (Lipinski definition) is 4. The van der Waals surface area contributed by atoms with E-state index >= 15 is 0 Å². The second-order valence-electron chi connectivity index (χ2n) is 3.25. The Morgan fingerprint density at radius 1 is 1.44 bits per heavy atom. The number of aromatic hydroxyl groups is 1. The SMILES string of the molecule is Cc1onc(-c2ccccc2O)c1C(=O)Cl. The molecule has 1 heterocycles. The lowest BCUT2D eigenvalue weighted by Crippen LogP contribution is -1.93. The fraction of sp³-hybridized carbons (Fsp3) is 0.0909. The molecule has 0 radical (unpaired) electrons. The highest BCUT2D eigenvalue weighted by Crippen LogP contribution is 2.32. The lowest BCUT2D eigenvalue weighted by molar-refractivity contribution is 0.108. The highest BCUT2D eigenvalue weighted by Gasteiger charge is 2.21. The first kappa shape index (κ1) is 10.7. The van der Waals surface area contributed by atoms with Crippen LogP contribution >= 0.6 is 11.6 Å². The zero-order valence-electron chi connectivity index (χ0n) is 8.40. The predicted molar refractivity (Wildman–Crippen MR) is 58.5 cm³/mol. The van der Waals surface area contributed by atoms with E-state index in [1.54, 1.807) is 25.1 Å². The summed E-state index contributed by atoms with van der Waals surface area (Å²) in [6, 6.07) is 6.54. The molecular formula is C11H8ClNO3. The minimum absolute atomic E-state index is 0.0231. The van der Waals surface area contributed by atoms with Gasteiger partial charge in [0.05, 0.1) is 0 Å². The van der Waals surface area contributed by atoms with Crippen molar-refractivity contribution in [2.24, 2.45) is 0 Å². The van der Waals surface area contributed by atoms with Crippen LogP contribution in [-0.2, 0) is 0 Å². The third-order valence-electron chi connectivity index (χ3n) is 2.22. The van der Waals surface area contributed by atoms with Gasteiger partial charge in [0.25, 0.3) is 5.24 Å². The van der Waals surface area contributed by atoms with Crippen LogP contribution in [-0.4, -0.2) is 15.5 Å². The van der Waals surface area contributed by atoms with E-state index in [-0.39, 0.29) is 17.0 Å². The monoisotopic (exact) mass is 237 g/mol. The number of rotatable bonds is 2. The second kappa shape index (κ2) is 3.98. The molecule has 0 fully saturated rings. The molecule has 0 aliphatic carbocycles. The number of carbonyl (C=O) groups is 1. The molecule has 0 bridgehead atoms. The number of nitrogens with zero attached hydrogens (tertiary/aromatic N) is 1. The average molecular weight is 238 g/mol. The van der Waals surface area contributed by atoms with Gasteiger partial charge in [-0.05, 0) is 30.7 Å². The standard InChI is InChI=1S/C11H8ClNO3/c1-6-9(11(12)15)10(13-16-6)7-4-2-3-5-8(7)14/h2-5,14H,1H3. The molecule has 4 nitrogen and oxygen atoms in total. The molecule has 0 aliphatic rings. The fourth-order valence-electron chi connectivity index (χ4n) is 1.46. The zero-order chi connectivity index (χ0) is 11.7. The first-order valence-electron chi connectivity index (χ1n) is 4.55. The summed E-state index contributed by atoms with van der Waals surface area (Å²) < 4.78 is 4.90. The van der Waals surface area contributed by atoms with Gasteiger partial charge in [0.1, 0.15) is 22.8 Å². The summed E-state index contributed by atoms with van der Waals surface area (Å²) in [6.07, 6.45) is 0. The summed E-state index contributed by atoms with van der Waals surface area (Å²) in [7, 11) is 0. The number of aromatic nitrogens is 1. The largest absolute Gasteiger partial charge is 0.507 e. The number of halogens is 1. The molecule has 0 saturated carbocycles. The van der Waals surface area contributed by atoms with Crippen molar-refractivity contribution in [1.82, 2.24) is 5.16 Å². The van der Waals surface area contributed by atoms with E-state index in [9.17, 15) is 9.90 Å². The topological polar surface area (TPSA) is 63.3 Å². The van der Waals surface area contributed by atoms with E-state index in [1.165, 1.54) is 6.07 Å². The Hall–Kier alpha value is -1.81. The molecule has 2 aromatic rings. The van der Waals surface area contributed by atoms with Crippen LogP contribution in [0.5, 0.6) is 5.75 Å². The number of hydrogen-bond donors (Lipinski definition) is 1. The number of aryl methyl sites for hydroxylation is 1. The maximum atomic E-state index is 11.2. The van der Waals surface area contributed by atoms with Crippen molar-refractivity contribution in [3.8, 4) is 17.0 Å². The summed E-state index contributed by atoms with van der Waals surface area (Å²) in [4.78, 5) is 11.2. The van der Waals surface area contributed by atoms with Gasteiger partial charge in [0.2, 0.25) is 0 Å². The van der Waals surface area contributed by atoms with Crippen molar-refractivity contribution in [3.63, 3.8) is 0 Å². The van der Waals surface area contributed by atoms with Crippen LogP contribution in [0.1, 0.15) is 16.1 Å². The molecule has 1 aromatic heterocycles. The van der Waals surface area contributed by atoms with Crippen molar-refractivity contribution in [2.75, 3.05) is 0 Å². The Labute approximate surface area is 96.4 Å². The third-order valence-corrected chi connectivity index (χ3v) is 2.41. The van der Waals surface area contributed by atoms with Gasteiger partial charge in [0.15, 0.2) is 0 Å². The van der Waals surface area contributed by atoms with E-state index in [0.29, 0.717) is 11.3 Å². The summed E-state index contributed by atoms with van der Waals surface area (Å²) in [5.74, 6) is 0.355. The van der Waals surface area contributed by atoms with Crippen molar-refractivity contribution in [1.29, 1.82) is 0 Å². The minimum atomic E-state index is -0.656. The Bertz CT molecular complexity index is 548. The van der Waals surface area contributed by atoms with Crippen LogP contribution < -0.4 is 0 Å². The number of phenolic OH excluding ortho intramolecular Hbond substituents is 1. The van der Waals surface area contributed by atoms with Crippen LogP contribution in [0.2, 0.25) is 0 Å². The summed E-state index contributed by atoms with van der Waals surface area (Å²) in [6.45, 7) is 1.59. The van der Waals surface area contributed by atoms with Crippen LogP contribution in [0.15, 0.2) is 28.8 Å². The molecule has 0 atom stereocenters. The molecule has 1 aromatic carbocycles. The summed E-state index contributed by atoms with van der Waals surface area (Å²) >= 11 is 5.44. The van der Waals surface area contributed by atoms with Crippen LogP contribution in [0.25, 0.3) is 11.3 Å². The van der Waals surface area contributed by atoms with Crippen molar-refractivity contribution in [2.45, 2.75) is 6.92 Å². The lowest BCUT2D eigenvalue weighted by atomic mass is 10.1. The molecule has 0 amide bonds. The van der Waals surface area contributed by atoms with E-state index in [4.69, 9.17) is 16.1 Å². The zero-order valence-corrected chi connectivity index (χ0v) is 9.15. The molecule has 16 heavy (non-hydrogen) atoms. The summed E-state index contributed by atoms with van der Waals surface area (Å²) in [5.41, 5.74) is 0.863. The Morgan fingerprint density at radius 3 is 2.75 bits per heavy atom. The Kier molecular flexibility index (Phi) is 2.66. The van der Waals surface area contributed by atoms with Gasteiger partial charge in [-0.2, -0.15) is 0 Å². The quantitative estimate of drug-likeness (QED) is 0.816. The van der Waals surface area contributed by atoms with Gasteiger partial charge >= 0.3 is 0 Å². The van der Waals surface area contributed by atoms with E-state index in [2.05, 4.69) is 5.16 Å². The van der Waals surface area contributed by atoms with Gasteiger partial charge in [-0.15, -0.1) is 0 Å². The van der Waals surface area contributed by atoms with Crippen molar-refractivity contribution >= 4 is 16.8 Å². The molecule has 1 N–H and O–H groups in total. The predicted octanol–water partition coefficient (Wildman–Crippen LogP) is 2.73. The van der Waals surface area contributed by atoms with Gasteiger partial charge in [-0.3, -0.25) is 4.79 Å². The van der Waals surface area contributed by atoms with Crippen LogP contribution in [0.4, 0.5) is 0 Å². The average Bonchev–Trinajstić information content (AvgIpc) is 2.61. The molecule has 0 saturated heterocycles. The number of phenols is 1. The van der Waals surface area contributed by atoms with E-state index in [0.717, 1.165) is 0 Å². The molecule has 0 unspecified atom stereocenters. The first-order valence-corrected chi connectivity index (χ1v) is 4.93. The van der Waals surface area contributed by atoms with Crippen LogP contribution in [0.3, 0.4) is 0 Å². The molecule has 0 spiro atoms. The highest BCUT2D eigenvalue weighted by molar-refractivity contribution is 6.68. The fourth-order valence-corrected chi connectivity index (χ4v) is 1.68. The third kappa shape index (κ3) is 1.67. The van der Waals surface area contributed by atoms with Gasteiger partial charge in [0, 0.05) is 5.56 Å². The highest BCUT2D eigenvalue weighted by atomic mass is 35.5. The Balaban J connectivity index is 2.66. The lowest BCUT2D eigenvalue weighted by Gasteiger charge is -2.00. The Morgan fingerprint density at radius 2 is 2.12 bits per heavy atom. The van der Waals surface area contributed by atoms with Gasteiger partial charge in [-0.25, -0.2) is 0 Å². The molecular weight excluding hydrogens is 230 g/mol. The molecule has 0 aliphatic heterocycles. The van der Waals surface area contributed by atoms with E-state index in [1.807, 2.05) is 0 Å². The van der Waals surface area contributed by atoms with Gasteiger partial charge < -0.3 is 9.63 Å². The maximum absolute atomic E-state index is 11.2. The number of benzene rings is 1. The normalized spacial score (nSPS) is 10.4. The molecule has 2 rings (SSSR count). The van der Waals surface area contributed by atoms with Crippen molar-refractivity contribution < 1.29 is 14.4 Å². The van der Waals surface area contributed by atoms with Crippen molar-refractivity contribution in [3.05, 3.63) is 35.6 Å².